The van der Waals surface area contributed by atoms with Gasteiger partial charge in [-0.05, 0) is 26.8 Å². The minimum absolute atomic E-state index is 0.182. The van der Waals surface area contributed by atoms with Gasteiger partial charge in [0.1, 0.15) is 5.60 Å². The van der Waals surface area contributed by atoms with E-state index in [2.05, 4.69) is 5.32 Å². The molecule has 3 nitrogen and oxygen atoms in total. The SMILES string of the molecule is CC(C)(C)OC(=O)CNCc1sc2ccccc2c1Cl. The van der Waals surface area contributed by atoms with E-state index in [0.29, 0.717) is 6.54 Å². The van der Waals surface area contributed by atoms with Crippen LogP contribution in [0.3, 0.4) is 0 Å². The molecule has 0 aliphatic heterocycles. The molecule has 1 aromatic carbocycles. The second kappa shape index (κ2) is 6.12. The van der Waals surface area contributed by atoms with Crippen LogP contribution < -0.4 is 5.32 Å². The molecule has 1 heterocycles. The molecule has 0 fully saturated rings. The monoisotopic (exact) mass is 311 g/mol. The molecule has 0 amide bonds. The highest BCUT2D eigenvalue weighted by molar-refractivity contribution is 7.19. The molecule has 0 saturated carbocycles. The predicted molar refractivity (Wildman–Crippen MR) is 84.4 cm³/mol. The van der Waals surface area contributed by atoms with Crippen LogP contribution in [-0.2, 0) is 16.1 Å². The van der Waals surface area contributed by atoms with Crippen molar-refractivity contribution >= 4 is 39.0 Å². The quantitative estimate of drug-likeness (QED) is 0.868. The first-order valence-corrected chi connectivity index (χ1v) is 7.65. The zero-order chi connectivity index (χ0) is 14.8. The van der Waals surface area contributed by atoms with Gasteiger partial charge in [0.25, 0.3) is 0 Å². The van der Waals surface area contributed by atoms with Crippen molar-refractivity contribution in [2.24, 2.45) is 0 Å². The molecule has 2 rings (SSSR count). The van der Waals surface area contributed by atoms with E-state index in [4.69, 9.17) is 16.3 Å². The lowest BCUT2D eigenvalue weighted by Gasteiger charge is -2.19. The first kappa shape index (κ1) is 15.3. The average molecular weight is 312 g/mol. The topological polar surface area (TPSA) is 38.3 Å². The molecule has 0 radical (unpaired) electrons. The molecule has 1 aromatic heterocycles. The third-order valence-corrected chi connectivity index (χ3v) is 4.29. The van der Waals surface area contributed by atoms with Crippen LogP contribution in [0.2, 0.25) is 5.02 Å². The highest BCUT2D eigenvalue weighted by atomic mass is 35.5. The number of halogens is 1. The van der Waals surface area contributed by atoms with Gasteiger partial charge in [0.2, 0.25) is 0 Å². The van der Waals surface area contributed by atoms with E-state index < -0.39 is 5.60 Å². The first-order valence-electron chi connectivity index (χ1n) is 6.45. The minimum atomic E-state index is -0.450. The van der Waals surface area contributed by atoms with Gasteiger partial charge >= 0.3 is 5.97 Å². The Balaban J connectivity index is 1.93. The molecule has 0 bridgehead atoms. The van der Waals surface area contributed by atoms with Crippen molar-refractivity contribution in [3.63, 3.8) is 0 Å². The fourth-order valence-electron chi connectivity index (χ4n) is 1.83. The second-order valence-corrected chi connectivity index (χ2v) is 7.04. The van der Waals surface area contributed by atoms with Gasteiger partial charge in [0.05, 0.1) is 11.6 Å². The molecule has 0 unspecified atom stereocenters. The van der Waals surface area contributed by atoms with Crippen molar-refractivity contribution in [1.82, 2.24) is 5.32 Å². The summed E-state index contributed by atoms with van der Waals surface area (Å²) in [5, 5.41) is 4.91. The fraction of sp³-hybridized carbons (Fsp3) is 0.400. The van der Waals surface area contributed by atoms with Crippen molar-refractivity contribution in [2.75, 3.05) is 6.54 Å². The van der Waals surface area contributed by atoms with Crippen LogP contribution >= 0.6 is 22.9 Å². The normalized spacial score (nSPS) is 11.8. The van der Waals surface area contributed by atoms with E-state index in [9.17, 15) is 4.79 Å². The molecule has 20 heavy (non-hydrogen) atoms. The lowest BCUT2D eigenvalue weighted by Crippen LogP contribution is -2.31. The number of carbonyl (C=O) groups is 1. The zero-order valence-electron chi connectivity index (χ0n) is 11.8. The Morgan fingerprint density at radius 3 is 2.70 bits per heavy atom. The van der Waals surface area contributed by atoms with Crippen LogP contribution in [0.4, 0.5) is 0 Å². The predicted octanol–water partition coefficient (Wildman–Crippen LogP) is 3.99. The summed E-state index contributed by atoms with van der Waals surface area (Å²) in [6.07, 6.45) is 0. The molecule has 0 spiro atoms. The molecule has 1 N–H and O–H groups in total. The lowest BCUT2D eigenvalue weighted by molar-refractivity contribution is -0.153. The van der Waals surface area contributed by atoms with Crippen LogP contribution in [0.25, 0.3) is 10.1 Å². The molecule has 5 heteroatoms. The molecular formula is C15H18ClNO2S. The van der Waals surface area contributed by atoms with Crippen LogP contribution in [0.1, 0.15) is 25.6 Å². The van der Waals surface area contributed by atoms with E-state index in [1.165, 1.54) is 0 Å². The van der Waals surface area contributed by atoms with Crippen LogP contribution in [0, 0.1) is 0 Å². The molecule has 0 atom stereocenters. The number of rotatable bonds is 4. The third kappa shape index (κ3) is 3.95. The van der Waals surface area contributed by atoms with E-state index >= 15 is 0 Å². The van der Waals surface area contributed by atoms with E-state index in [0.717, 1.165) is 20.0 Å². The van der Waals surface area contributed by atoms with Gasteiger partial charge in [-0.1, -0.05) is 29.8 Å². The van der Waals surface area contributed by atoms with Crippen molar-refractivity contribution < 1.29 is 9.53 Å². The summed E-state index contributed by atoms with van der Waals surface area (Å²) in [5.41, 5.74) is -0.450. The van der Waals surface area contributed by atoms with Crippen LogP contribution in [0.15, 0.2) is 24.3 Å². The number of hydrogen-bond donors (Lipinski definition) is 1. The van der Waals surface area contributed by atoms with Gasteiger partial charge in [-0.3, -0.25) is 4.79 Å². The number of nitrogens with one attached hydrogen (secondary N) is 1. The van der Waals surface area contributed by atoms with Crippen LogP contribution in [-0.4, -0.2) is 18.1 Å². The number of hydrogen-bond acceptors (Lipinski definition) is 4. The summed E-state index contributed by atoms with van der Waals surface area (Å²) in [6, 6.07) is 8.01. The minimum Gasteiger partial charge on any atom is -0.459 e. The Morgan fingerprint density at radius 2 is 2.05 bits per heavy atom. The van der Waals surface area contributed by atoms with Crippen molar-refractivity contribution in [3.05, 3.63) is 34.2 Å². The van der Waals surface area contributed by atoms with Gasteiger partial charge in [-0.2, -0.15) is 0 Å². The Hall–Kier alpha value is -1.10. The zero-order valence-corrected chi connectivity index (χ0v) is 13.4. The number of benzene rings is 1. The van der Waals surface area contributed by atoms with Crippen molar-refractivity contribution in [1.29, 1.82) is 0 Å². The maximum absolute atomic E-state index is 11.6. The number of fused-ring (bicyclic) bond motifs is 1. The second-order valence-electron chi connectivity index (χ2n) is 5.53. The molecule has 0 saturated heterocycles. The molecule has 2 aromatic rings. The molecular weight excluding hydrogens is 294 g/mol. The van der Waals surface area contributed by atoms with Gasteiger partial charge in [-0.15, -0.1) is 11.3 Å². The Bertz CT molecular complexity index is 616. The Morgan fingerprint density at radius 1 is 1.35 bits per heavy atom. The van der Waals surface area contributed by atoms with E-state index in [1.54, 1.807) is 11.3 Å². The lowest BCUT2D eigenvalue weighted by atomic mass is 10.2. The van der Waals surface area contributed by atoms with Gasteiger partial charge in [0, 0.05) is 21.5 Å². The smallest absolute Gasteiger partial charge is 0.320 e. The van der Waals surface area contributed by atoms with Crippen molar-refractivity contribution in [3.8, 4) is 0 Å². The third-order valence-electron chi connectivity index (χ3n) is 2.58. The molecule has 0 aliphatic rings. The number of carbonyl (C=O) groups excluding carboxylic acids is 1. The Kier molecular flexibility index (Phi) is 4.68. The first-order chi connectivity index (χ1) is 9.37. The summed E-state index contributed by atoms with van der Waals surface area (Å²) in [4.78, 5) is 12.6. The fourth-order valence-corrected chi connectivity index (χ4v) is 3.30. The summed E-state index contributed by atoms with van der Waals surface area (Å²) < 4.78 is 6.39. The number of esters is 1. The Labute approximate surface area is 127 Å². The summed E-state index contributed by atoms with van der Waals surface area (Å²) in [5.74, 6) is -0.255. The summed E-state index contributed by atoms with van der Waals surface area (Å²) in [7, 11) is 0. The van der Waals surface area contributed by atoms with Gasteiger partial charge in [-0.25, -0.2) is 0 Å². The standard InChI is InChI=1S/C15H18ClNO2S/c1-15(2,3)19-13(18)9-17-8-12-14(16)10-6-4-5-7-11(10)20-12/h4-7,17H,8-9H2,1-3H3. The van der Waals surface area contributed by atoms with Gasteiger partial charge < -0.3 is 10.1 Å². The molecule has 0 aliphatic carbocycles. The van der Waals surface area contributed by atoms with E-state index in [-0.39, 0.29) is 12.5 Å². The highest BCUT2D eigenvalue weighted by Crippen LogP contribution is 2.34. The van der Waals surface area contributed by atoms with E-state index in [1.807, 2.05) is 45.0 Å². The van der Waals surface area contributed by atoms with Crippen LogP contribution in [0.5, 0.6) is 0 Å². The summed E-state index contributed by atoms with van der Waals surface area (Å²) >= 11 is 7.98. The molecule has 108 valence electrons. The number of ether oxygens (including phenoxy) is 1. The van der Waals surface area contributed by atoms with Gasteiger partial charge in [0.15, 0.2) is 0 Å². The summed E-state index contributed by atoms with van der Waals surface area (Å²) in [6.45, 7) is 6.31. The number of thiophene rings is 1. The van der Waals surface area contributed by atoms with Crippen molar-refractivity contribution in [2.45, 2.75) is 32.9 Å². The average Bonchev–Trinajstić information content (AvgIpc) is 2.65. The maximum Gasteiger partial charge on any atom is 0.320 e. The highest BCUT2D eigenvalue weighted by Gasteiger charge is 2.16. The maximum atomic E-state index is 11.6. The largest absolute Gasteiger partial charge is 0.459 e.